The topological polar surface area (TPSA) is 157 Å². The van der Waals surface area contributed by atoms with E-state index in [0.717, 1.165) is 104 Å². The van der Waals surface area contributed by atoms with E-state index in [2.05, 4.69) is 233 Å². The zero-order valence-electron chi connectivity index (χ0n) is 44.8. The van der Waals surface area contributed by atoms with E-state index in [4.69, 9.17) is 29.9 Å². The highest BCUT2D eigenvalue weighted by Crippen LogP contribution is 2.95. The van der Waals surface area contributed by atoms with Crippen LogP contribution < -0.4 is 18.9 Å². The Hall–Kier alpha value is -10.1. The van der Waals surface area contributed by atoms with Crippen LogP contribution in [-0.2, 0) is 0 Å². The van der Waals surface area contributed by atoms with Gasteiger partial charge in [-0.3, -0.25) is 0 Å². The van der Waals surface area contributed by atoms with E-state index in [1.54, 1.807) is 0 Å². The molecule has 12 nitrogen and oxygen atoms in total. The quantitative estimate of drug-likeness (QED) is 0.0779. The number of benzene rings is 9. The second kappa shape index (κ2) is 18.0. The molecule has 3 aromatic heterocycles. The fourth-order valence-corrected chi connectivity index (χ4v) is 18.3. The van der Waals surface area contributed by atoms with Crippen LogP contribution in [0.25, 0.3) is 89.7 Å². The highest BCUT2D eigenvalue weighted by Gasteiger charge is 2.65. The molecule has 13 heteroatoms. The molecule has 0 unspecified atom stereocenters. The van der Waals surface area contributed by atoms with Gasteiger partial charge in [-0.2, -0.15) is 0 Å². The zero-order chi connectivity index (χ0) is 54.2. The Morgan fingerprint density at radius 2 is 0.600 bits per heavy atom. The SMILES string of the molecule is Cc1ccc(NS(Nc2ccc(C)cc2)(Nc2ccc(C)cc2)(Nc2ccc(C)cc2)(c2ccccc2C)c2cccc3c4nc5nc(nc6[nH]c(nc7nc(nc([nH]4)c23)-c2ccccc2-7)c2ccccc62)-c2ccccc2-5)cc1. The third-order valence-electron chi connectivity index (χ3n) is 15.4. The lowest BCUT2D eigenvalue weighted by molar-refractivity contribution is 1.19. The molecule has 9 aromatic carbocycles. The number of nitrogens with one attached hydrogen (secondary N) is 6. The molecule has 390 valence electrons. The van der Waals surface area contributed by atoms with Crippen LogP contribution in [0.4, 0.5) is 22.7 Å². The van der Waals surface area contributed by atoms with Crippen molar-refractivity contribution in [1.82, 2.24) is 39.9 Å². The van der Waals surface area contributed by atoms with Gasteiger partial charge in [0.15, 0.2) is 23.3 Å². The van der Waals surface area contributed by atoms with Gasteiger partial charge in [-0.15, -0.1) is 0 Å². The molecule has 14 rings (SSSR count). The van der Waals surface area contributed by atoms with Gasteiger partial charge in [0.2, 0.25) is 0 Å². The highest BCUT2D eigenvalue weighted by atomic mass is 32.4. The molecule has 0 atom stereocenters. The van der Waals surface area contributed by atoms with Gasteiger partial charge >= 0.3 is 0 Å². The van der Waals surface area contributed by atoms with Crippen molar-refractivity contribution in [3.8, 4) is 45.6 Å². The molecule has 6 N–H and O–H groups in total. The maximum absolute atomic E-state index is 5.75. The average molecular weight is 1060 g/mol. The minimum Gasteiger partial charge on any atom is -0.324 e. The van der Waals surface area contributed by atoms with E-state index < -0.39 is 9.04 Å². The van der Waals surface area contributed by atoms with Crippen molar-refractivity contribution in [1.29, 1.82) is 0 Å². The Kier molecular flexibility index (Phi) is 10.8. The average Bonchev–Trinajstić information content (AvgIpc) is 3.79. The molecule has 0 fully saturated rings. The first-order chi connectivity index (χ1) is 39.0. The van der Waals surface area contributed by atoms with Gasteiger partial charge in [0.1, 0.15) is 22.6 Å². The largest absolute Gasteiger partial charge is 0.324 e. The number of aryl methyl sites for hydroxylation is 5. The molecule has 0 saturated heterocycles. The van der Waals surface area contributed by atoms with E-state index in [1.165, 1.54) is 0 Å². The number of hydrogen-bond donors (Lipinski definition) is 6. The Bertz CT molecular complexity index is 4430. The highest BCUT2D eigenvalue weighted by molar-refractivity contribution is 8.68. The van der Waals surface area contributed by atoms with Gasteiger partial charge in [-0.1, -0.05) is 174 Å². The third kappa shape index (κ3) is 7.60. The molecular weight excluding hydrogens is 1000 g/mol. The van der Waals surface area contributed by atoms with Crippen LogP contribution in [0.15, 0.2) is 222 Å². The number of aromatic amines is 2. The summed E-state index contributed by atoms with van der Waals surface area (Å²) < 4.78 is 18.0. The monoisotopic (exact) mass is 1060 g/mol. The molecule has 2 aliphatic heterocycles. The van der Waals surface area contributed by atoms with Gasteiger partial charge in [0, 0.05) is 71.4 Å². The molecule has 80 heavy (non-hydrogen) atoms. The van der Waals surface area contributed by atoms with Crippen LogP contribution in [-0.4, -0.2) is 39.9 Å². The molecule has 0 radical (unpaired) electrons. The number of rotatable bonds is 10. The van der Waals surface area contributed by atoms with Crippen molar-refractivity contribution in [3.05, 3.63) is 240 Å². The first-order valence-corrected chi connectivity index (χ1v) is 29.2. The van der Waals surface area contributed by atoms with Crippen molar-refractivity contribution in [3.63, 3.8) is 0 Å². The van der Waals surface area contributed by atoms with Gasteiger partial charge < -0.3 is 28.9 Å². The lowest BCUT2D eigenvalue weighted by Gasteiger charge is -2.82. The summed E-state index contributed by atoms with van der Waals surface area (Å²) in [7, 11) is -5.56. The number of nitrogens with zero attached hydrogens (tertiary/aromatic N) is 6. The van der Waals surface area contributed by atoms with E-state index in [1.807, 2.05) is 42.5 Å². The maximum Gasteiger partial charge on any atom is 0.164 e. The molecule has 12 aromatic rings. The van der Waals surface area contributed by atoms with Gasteiger partial charge in [-0.25, -0.2) is 29.9 Å². The molecular formula is C67H56N12S. The molecule has 2 aliphatic rings. The summed E-state index contributed by atoms with van der Waals surface area (Å²) in [5.74, 6) is 2.03. The van der Waals surface area contributed by atoms with Gasteiger partial charge in [0.25, 0.3) is 0 Å². The maximum atomic E-state index is 5.75. The van der Waals surface area contributed by atoms with E-state index in [-0.39, 0.29) is 0 Å². The van der Waals surface area contributed by atoms with E-state index >= 15 is 0 Å². The lowest BCUT2D eigenvalue weighted by atomic mass is 10.1. The molecule has 0 saturated carbocycles. The number of anilines is 4. The van der Waals surface area contributed by atoms with Crippen molar-refractivity contribution < 1.29 is 0 Å². The predicted octanol–water partition coefficient (Wildman–Crippen LogP) is 16.8. The fraction of sp³-hybridized carbons (Fsp3) is 0.0746. The normalized spacial score (nSPS) is 12.8. The van der Waals surface area contributed by atoms with Crippen molar-refractivity contribution in [2.45, 2.75) is 44.4 Å². The van der Waals surface area contributed by atoms with E-state index in [0.29, 0.717) is 45.9 Å². The van der Waals surface area contributed by atoms with Crippen LogP contribution in [0.3, 0.4) is 0 Å². The summed E-state index contributed by atoms with van der Waals surface area (Å²) in [6.07, 6.45) is 0. The summed E-state index contributed by atoms with van der Waals surface area (Å²) in [5.41, 5.74) is 14.5. The lowest BCUT2D eigenvalue weighted by Crippen LogP contribution is -2.61. The summed E-state index contributed by atoms with van der Waals surface area (Å²) in [6.45, 7) is 10.6. The summed E-state index contributed by atoms with van der Waals surface area (Å²) in [5, 5.41) is 3.35. The van der Waals surface area contributed by atoms with Crippen LogP contribution in [0.5, 0.6) is 0 Å². The van der Waals surface area contributed by atoms with Crippen LogP contribution in [0.2, 0.25) is 0 Å². The Balaban J connectivity index is 1.25. The number of fused-ring (bicyclic) bond motifs is 20. The summed E-state index contributed by atoms with van der Waals surface area (Å²) in [6, 6.07) is 73.9. The van der Waals surface area contributed by atoms with Crippen LogP contribution in [0, 0.1) is 34.6 Å². The van der Waals surface area contributed by atoms with Crippen molar-refractivity contribution in [2.75, 3.05) is 18.9 Å². The smallest absolute Gasteiger partial charge is 0.164 e. The molecule has 0 spiro atoms. The standard InChI is InChI=1S/C67H56N12S/c1-41-25-33-46(34-26-41)76-80(57-23-13-6-15-45(57)5,77-47-35-27-42(2)28-36-47,78-48-37-29-43(3)30-38-48,79-49-39-31-44(4)32-40-49)58-24-14-22-56-59(58)67-74-65-55-21-12-11-20-54(55)63(72-65)70-61-51-17-8-7-16-50(51)60(68-61)69-62-52-18-9-10-19-53(52)64(71-62)73-66(56)75-67/h6-40,76-79H,1-5H3,(H2,68,69,70,71,72,73,74,75). The van der Waals surface area contributed by atoms with Crippen molar-refractivity contribution >= 4 is 75.9 Å². The first kappa shape index (κ1) is 48.3. The second-order valence-corrected chi connectivity index (χ2v) is 25.9. The second-order valence-electron chi connectivity index (χ2n) is 21.1. The third-order valence-corrected chi connectivity index (χ3v) is 21.4. The first-order valence-electron chi connectivity index (χ1n) is 26.7. The van der Waals surface area contributed by atoms with Gasteiger partial charge in [-0.05, 0) is 110 Å². The summed E-state index contributed by atoms with van der Waals surface area (Å²) >= 11 is 0. The fourth-order valence-electron chi connectivity index (χ4n) is 11.6. The Morgan fingerprint density at radius 3 is 1.00 bits per heavy atom. The van der Waals surface area contributed by atoms with Crippen molar-refractivity contribution in [2.24, 2.45) is 0 Å². The molecule has 8 bridgehead atoms. The molecule has 5 heterocycles. The van der Waals surface area contributed by atoms with Gasteiger partial charge in [0.05, 0.1) is 4.90 Å². The minimum absolute atomic E-state index is 0.482. The number of H-pyrrole nitrogens is 2. The zero-order valence-corrected chi connectivity index (χ0v) is 45.6. The molecule has 0 amide bonds. The minimum atomic E-state index is -5.56. The summed E-state index contributed by atoms with van der Waals surface area (Å²) in [4.78, 5) is 41.7. The number of aromatic nitrogens is 8. The van der Waals surface area contributed by atoms with E-state index in [9.17, 15) is 0 Å². The van der Waals surface area contributed by atoms with Crippen LogP contribution >= 0.6 is 9.04 Å². The number of hydrogen-bond acceptors (Lipinski definition) is 10. The van der Waals surface area contributed by atoms with Crippen LogP contribution in [0.1, 0.15) is 27.8 Å². The Morgan fingerprint density at radius 1 is 0.287 bits per heavy atom. The molecule has 0 aliphatic carbocycles. The predicted molar refractivity (Wildman–Crippen MR) is 331 cm³/mol. The Labute approximate surface area is 462 Å².